The van der Waals surface area contributed by atoms with Gasteiger partial charge in [0.2, 0.25) is 0 Å². The van der Waals surface area contributed by atoms with Gasteiger partial charge in [0.1, 0.15) is 11.5 Å². The van der Waals surface area contributed by atoms with Gasteiger partial charge in [-0.2, -0.15) is 0 Å². The molecule has 6 heteroatoms. The average Bonchev–Trinajstić information content (AvgIpc) is 2.71. The van der Waals surface area contributed by atoms with Gasteiger partial charge in [0.25, 0.3) is 5.91 Å². The Morgan fingerprint density at radius 1 is 1.00 bits per heavy atom. The van der Waals surface area contributed by atoms with E-state index in [0.29, 0.717) is 22.2 Å². The zero-order valence-corrected chi connectivity index (χ0v) is 16.1. The van der Waals surface area contributed by atoms with Crippen LogP contribution in [-0.2, 0) is 0 Å². The molecule has 0 atom stereocenters. The maximum Gasteiger partial charge on any atom is 0.274 e. The van der Waals surface area contributed by atoms with Gasteiger partial charge in [-0.05, 0) is 26.0 Å². The molecule has 1 heterocycles. The van der Waals surface area contributed by atoms with Crippen molar-refractivity contribution in [2.24, 2.45) is 0 Å². The standard InChI is InChI=1S/C21H21ClN4O/c1-3-26(4-2)19-14-18(21(27)24-17-13-9-8-12-16(17)22)23-20(25-19)15-10-6-5-7-11-15/h5-14H,3-4H2,1-2H3,(H,24,27). The van der Waals surface area contributed by atoms with E-state index in [4.69, 9.17) is 11.6 Å². The molecule has 2 aromatic carbocycles. The number of benzene rings is 2. The minimum Gasteiger partial charge on any atom is -0.357 e. The van der Waals surface area contributed by atoms with Crippen LogP contribution in [-0.4, -0.2) is 29.0 Å². The lowest BCUT2D eigenvalue weighted by Gasteiger charge is -2.21. The highest BCUT2D eigenvalue weighted by atomic mass is 35.5. The molecule has 0 unspecified atom stereocenters. The lowest BCUT2D eigenvalue weighted by atomic mass is 10.2. The van der Waals surface area contributed by atoms with Crippen molar-refractivity contribution in [3.8, 4) is 11.4 Å². The van der Waals surface area contributed by atoms with E-state index >= 15 is 0 Å². The maximum absolute atomic E-state index is 12.8. The Balaban J connectivity index is 2.01. The van der Waals surface area contributed by atoms with E-state index in [9.17, 15) is 4.79 Å². The van der Waals surface area contributed by atoms with Crippen LogP contribution in [0.2, 0.25) is 5.02 Å². The molecule has 5 nitrogen and oxygen atoms in total. The van der Waals surface area contributed by atoms with Gasteiger partial charge in [-0.25, -0.2) is 9.97 Å². The normalized spacial score (nSPS) is 10.5. The fourth-order valence-electron chi connectivity index (χ4n) is 2.73. The predicted molar refractivity (Wildman–Crippen MR) is 110 cm³/mol. The molecule has 27 heavy (non-hydrogen) atoms. The minimum atomic E-state index is -0.323. The van der Waals surface area contributed by atoms with Crippen LogP contribution in [0.5, 0.6) is 0 Å². The topological polar surface area (TPSA) is 58.1 Å². The summed E-state index contributed by atoms with van der Waals surface area (Å²) in [5, 5.41) is 3.31. The molecule has 1 amide bonds. The van der Waals surface area contributed by atoms with Crippen molar-refractivity contribution in [3.05, 3.63) is 71.4 Å². The summed E-state index contributed by atoms with van der Waals surface area (Å²) in [7, 11) is 0. The van der Waals surface area contributed by atoms with E-state index in [1.165, 1.54) is 0 Å². The number of carbonyl (C=O) groups excluding carboxylic acids is 1. The summed E-state index contributed by atoms with van der Waals surface area (Å²) in [6.07, 6.45) is 0. The number of amides is 1. The average molecular weight is 381 g/mol. The van der Waals surface area contributed by atoms with E-state index < -0.39 is 0 Å². The summed E-state index contributed by atoms with van der Waals surface area (Å²) < 4.78 is 0. The number of carbonyl (C=O) groups is 1. The first kappa shape index (κ1) is 18.9. The molecule has 0 saturated heterocycles. The monoisotopic (exact) mass is 380 g/mol. The number of aromatic nitrogens is 2. The second-order valence-corrected chi connectivity index (χ2v) is 6.31. The Hall–Kier alpha value is -2.92. The summed E-state index contributed by atoms with van der Waals surface area (Å²) in [5.41, 5.74) is 1.71. The number of rotatable bonds is 6. The van der Waals surface area contributed by atoms with Crippen molar-refractivity contribution in [1.82, 2.24) is 9.97 Å². The Morgan fingerprint density at radius 2 is 1.67 bits per heavy atom. The van der Waals surface area contributed by atoms with Crippen molar-refractivity contribution in [2.45, 2.75) is 13.8 Å². The molecule has 1 aromatic heterocycles. The molecular formula is C21H21ClN4O. The predicted octanol–water partition coefficient (Wildman–Crippen LogP) is 4.90. The second-order valence-electron chi connectivity index (χ2n) is 5.91. The number of hydrogen-bond acceptors (Lipinski definition) is 4. The van der Waals surface area contributed by atoms with Gasteiger partial charge >= 0.3 is 0 Å². The summed E-state index contributed by atoms with van der Waals surface area (Å²) in [6.45, 7) is 5.68. The van der Waals surface area contributed by atoms with Crippen LogP contribution >= 0.6 is 11.6 Å². The largest absolute Gasteiger partial charge is 0.357 e. The highest BCUT2D eigenvalue weighted by molar-refractivity contribution is 6.33. The van der Waals surface area contributed by atoms with Crippen molar-refractivity contribution >= 4 is 29.0 Å². The van der Waals surface area contributed by atoms with Crippen LogP contribution in [0.1, 0.15) is 24.3 Å². The molecule has 0 fully saturated rings. The number of hydrogen-bond donors (Lipinski definition) is 1. The number of nitrogens with one attached hydrogen (secondary N) is 1. The minimum absolute atomic E-state index is 0.297. The van der Waals surface area contributed by atoms with E-state index in [1.807, 2.05) is 42.5 Å². The number of nitrogens with zero attached hydrogens (tertiary/aromatic N) is 3. The smallest absolute Gasteiger partial charge is 0.274 e. The molecule has 0 aliphatic rings. The first-order valence-electron chi connectivity index (χ1n) is 8.87. The molecule has 0 radical (unpaired) electrons. The third-order valence-electron chi connectivity index (χ3n) is 4.19. The van der Waals surface area contributed by atoms with Crippen LogP contribution in [0.4, 0.5) is 11.5 Å². The quantitative estimate of drug-likeness (QED) is 0.661. The Morgan fingerprint density at radius 3 is 2.33 bits per heavy atom. The second kappa shape index (κ2) is 8.64. The van der Waals surface area contributed by atoms with Crippen LogP contribution < -0.4 is 10.2 Å². The Labute approximate surface area is 164 Å². The molecule has 0 saturated carbocycles. The van der Waals surface area contributed by atoms with E-state index in [2.05, 4.69) is 34.0 Å². The van der Waals surface area contributed by atoms with Crippen molar-refractivity contribution in [2.75, 3.05) is 23.3 Å². The summed E-state index contributed by atoms with van der Waals surface area (Å²) in [5.74, 6) is 0.915. The van der Waals surface area contributed by atoms with Crippen LogP contribution in [0.25, 0.3) is 11.4 Å². The molecular weight excluding hydrogens is 360 g/mol. The maximum atomic E-state index is 12.8. The summed E-state index contributed by atoms with van der Waals surface area (Å²) >= 11 is 6.15. The lowest BCUT2D eigenvalue weighted by Crippen LogP contribution is -2.24. The van der Waals surface area contributed by atoms with Crippen molar-refractivity contribution in [1.29, 1.82) is 0 Å². The number of halogens is 1. The Kier molecular flexibility index (Phi) is 6.04. The molecule has 0 spiro atoms. The molecule has 0 aliphatic heterocycles. The van der Waals surface area contributed by atoms with E-state index in [0.717, 1.165) is 24.5 Å². The summed E-state index contributed by atoms with van der Waals surface area (Å²) in [6, 6.07) is 18.5. The molecule has 138 valence electrons. The van der Waals surface area contributed by atoms with Gasteiger partial charge in [-0.3, -0.25) is 4.79 Å². The first-order chi connectivity index (χ1) is 13.1. The third kappa shape index (κ3) is 4.44. The van der Waals surface area contributed by atoms with Crippen LogP contribution in [0.15, 0.2) is 60.7 Å². The van der Waals surface area contributed by atoms with Crippen LogP contribution in [0.3, 0.4) is 0 Å². The molecule has 3 rings (SSSR count). The van der Waals surface area contributed by atoms with Gasteiger partial charge < -0.3 is 10.2 Å². The SMILES string of the molecule is CCN(CC)c1cc(C(=O)Nc2ccccc2Cl)nc(-c2ccccc2)n1. The third-order valence-corrected chi connectivity index (χ3v) is 4.52. The highest BCUT2D eigenvalue weighted by Gasteiger charge is 2.16. The van der Waals surface area contributed by atoms with E-state index in [-0.39, 0.29) is 5.91 Å². The number of para-hydroxylation sites is 1. The van der Waals surface area contributed by atoms with E-state index in [1.54, 1.807) is 18.2 Å². The Bertz CT molecular complexity index is 926. The molecule has 0 bridgehead atoms. The zero-order valence-electron chi connectivity index (χ0n) is 15.3. The fraction of sp³-hybridized carbons (Fsp3) is 0.190. The number of anilines is 2. The summed E-state index contributed by atoms with van der Waals surface area (Å²) in [4.78, 5) is 24.1. The molecule has 3 aromatic rings. The van der Waals surface area contributed by atoms with Gasteiger partial charge in [0.15, 0.2) is 5.82 Å². The molecule has 0 aliphatic carbocycles. The van der Waals surface area contributed by atoms with Gasteiger partial charge in [0, 0.05) is 24.7 Å². The van der Waals surface area contributed by atoms with Crippen molar-refractivity contribution < 1.29 is 4.79 Å². The lowest BCUT2D eigenvalue weighted by molar-refractivity contribution is 0.102. The zero-order chi connectivity index (χ0) is 19.2. The first-order valence-corrected chi connectivity index (χ1v) is 9.25. The fourth-order valence-corrected chi connectivity index (χ4v) is 2.91. The highest BCUT2D eigenvalue weighted by Crippen LogP contribution is 2.23. The van der Waals surface area contributed by atoms with Gasteiger partial charge in [-0.1, -0.05) is 54.1 Å². The van der Waals surface area contributed by atoms with Gasteiger partial charge in [-0.15, -0.1) is 0 Å². The van der Waals surface area contributed by atoms with Crippen molar-refractivity contribution in [3.63, 3.8) is 0 Å². The molecule has 1 N–H and O–H groups in total. The van der Waals surface area contributed by atoms with Crippen LogP contribution in [0, 0.1) is 0 Å². The van der Waals surface area contributed by atoms with Gasteiger partial charge in [0.05, 0.1) is 10.7 Å².